The van der Waals surface area contributed by atoms with Crippen LogP contribution in [0.25, 0.3) is 17.0 Å². The van der Waals surface area contributed by atoms with Gasteiger partial charge >= 0.3 is 0 Å². The molecule has 0 spiro atoms. The molecule has 0 bridgehead atoms. The van der Waals surface area contributed by atoms with Gasteiger partial charge in [-0.3, -0.25) is 4.79 Å². The summed E-state index contributed by atoms with van der Waals surface area (Å²) in [5.41, 5.74) is 5.82. The molecular weight excluding hydrogens is 338 g/mol. The van der Waals surface area contributed by atoms with Gasteiger partial charge in [-0.2, -0.15) is 0 Å². The van der Waals surface area contributed by atoms with E-state index in [1.54, 1.807) is 6.07 Å². The Kier molecular flexibility index (Phi) is 4.59. The van der Waals surface area contributed by atoms with Crippen molar-refractivity contribution >= 4 is 34.3 Å². The van der Waals surface area contributed by atoms with Crippen LogP contribution in [0.3, 0.4) is 0 Å². The molecule has 1 aliphatic carbocycles. The SMILES string of the molecule is CCN(CC)c1cccc2c3c([nH]c12)C=C(C(=O)Nc1ccoc1)C=CC3. The predicted octanol–water partition coefficient (Wildman–Crippen LogP) is 4.74. The summed E-state index contributed by atoms with van der Waals surface area (Å²) in [6.45, 7) is 6.23. The third-order valence-corrected chi connectivity index (χ3v) is 5.02. The van der Waals surface area contributed by atoms with Gasteiger partial charge in [0.05, 0.1) is 23.2 Å². The number of fused-ring (bicyclic) bond motifs is 3. The van der Waals surface area contributed by atoms with E-state index in [0.717, 1.165) is 30.7 Å². The quantitative estimate of drug-likeness (QED) is 0.690. The minimum absolute atomic E-state index is 0.150. The average molecular weight is 361 g/mol. The van der Waals surface area contributed by atoms with Crippen LogP contribution in [0.15, 0.2) is 58.9 Å². The molecule has 5 nitrogen and oxygen atoms in total. The fourth-order valence-electron chi connectivity index (χ4n) is 3.64. The molecule has 5 heteroatoms. The standard InChI is InChI=1S/C22H23N3O2/c1-3-25(4-2)20-10-6-9-18-17-8-5-7-15(13-19(17)24-21(18)20)22(26)23-16-11-12-27-14-16/h5-7,9-14,24H,3-4,8H2,1-2H3,(H,23,26). The van der Waals surface area contributed by atoms with Crippen molar-refractivity contribution in [3.8, 4) is 0 Å². The Morgan fingerprint density at radius 2 is 2.11 bits per heavy atom. The molecule has 1 amide bonds. The third kappa shape index (κ3) is 3.16. The lowest BCUT2D eigenvalue weighted by Gasteiger charge is -2.21. The summed E-state index contributed by atoms with van der Waals surface area (Å²) in [4.78, 5) is 18.5. The van der Waals surface area contributed by atoms with E-state index in [4.69, 9.17) is 4.42 Å². The Labute approximate surface area is 158 Å². The Morgan fingerprint density at radius 1 is 1.26 bits per heavy atom. The van der Waals surface area contributed by atoms with Crippen molar-refractivity contribution in [1.29, 1.82) is 0 Å². The Balaban J connectivity index is 1.75. The van der Waals surface area contributed by atoms with Crippen LogP contribution in [0.2, 0.25) is 0 Å². The van der Waals surface area contributed by atoms with Gasteiger partial charge in [-0.25, -0.2) is 0 Å². The summed E-state index contributed by atoms with van der Waals surface area (Å²) < 4.78 is 5.02. The maximum atomic E-state index is 12.6. The van der Waals surface area contributed by atoms with Gasteiger partial charge in [0.15, 0.2) is 0 Å². The lowest BCUT2D eigenvalue weighted by atomic mass is 10.1. The van der Waals surface area contributed by atoms with Crippen LogP contribution in [-0.4, -0.2) is 24.0 Å². The Hall–Kier alpha value is -3.21. The number of hydrogen-bond donors (Lipinski definition) is 2. The number of amides is 1. The van der Waals surface area contributed by atoms with Crippen molar-refractivity contribution < 1.29 is 9.21 Å². The average Bonchev–Trinajstić information content (AvgIpc) is 3.25. The largest absolute Gasteiger partial charge is 0.470 e. The van der Waals surface area contributed by atoms with E-state index in [1.807, 2.05) is 18.2 Å². The van der Waals surface area contributed by atoms with Crippen molar-refractivity contribution in [3.05, 3.63) is 65.8 Å². The number of aromatic nitrogens is 1. The van der Waals surface area contributed by atoms with Crippen LogP contribution in [0.1, 0.15) is 25.1 Å². The molecule has 0 atom stereocenters. The topological polar surface area (TPSA) is 61.3 Å². The number of carbonyl (C=O) groups is 1. The molecule has 0 aliphatic heterocycles. The first-order valence-electron chi connectivity index (χ1n) is 9.31. The first-order valence-corrected chi connectivity index (χ1v) is 9.31. The van der Waals surface area contributed by atoms with E-state index in [9.17, 15) is 4.79 Å². The summed E-state index contributed by atoms with van der Waals surface area (Å²) in [6, 6.07) is 8.13. The van der Waals surface area contributed by atoms with Crippen molar-refractivity contribution in [2.75, 3.05) is 23.3 Å². The van der Waals surface area contributed by atoms with Crippen LogP contribution >= 0.6 is 0 Å². The Bertz CT molecular complexity index is 1020. The fraction of sp³-hybridized carbons (Fsp3) is 0.227. The summed E-state index contributed by atoms with van der Waals surface area (Å²) in [5, 5.41) is 4.07. The van der Waals surface area contributed by atoms with E-state index in [-0.39, 0.29) is 5.91 Å². The highest BCUT2D eigenvalue weighted by molar-refractivity contribution is 6.09. The van der Waals surface area contributed by atoms with Gasteiger partial charge in [-0.15, -0.1) is 0 Å². The summed E-state index contributed by atoms with van der Waals surface area (Å²) in [6.07, 6.45) is 9.70. The molecule has 138 valence electrons. The molecule has 2 heterocycles. The van der Waals surface area contributed by atoms with Gasteiger partial charge < -0.3 is 19.6 Å². The van der Waals surface area contributed by atoms with Gasteiger partial charge in [-0.1, -0.05) is 24.3 Å². The zero-order valence-electron chi connectivity index (χ0n) is 15.6. The summed E-state index contributed by atoms with van der Waals surface area (Å²) in [5.74, 6) is -0.150. The van der Waals surface area contributed by atoms with Crippen molar-refractivity contribution in [2.45, 2.75) is 20.3 Å². The second kappa shape index (κ2) is 7.19. The fourth-order valence-corrected chi connectivity index (χ4v) is 3.64. The molecular formula is C22H23N3O2. The highest BCUT2D eigenvalue weighted by Gasteiger charge is 2.18. The number of nitrogens with one attached hydrogen (secondary N) is 2. The van der Waals surface area contributed by atoms with Gasteiger partial charge in [0.2, 0.25) is 0 Å². The van der Waals surface area contributed by atoms with Crippen LogP contribution in [0.5, 0.6) is 0 Å². The lowest BCUT2D eigenvalue weighted by Crippen LogP contribution is -2.21. The molecule has 4 rings (SSSR count). The number of aromatic amines is 1. The monoisotopic (exact) mass is 361 g/mol. The van der Waals surface area contributed by atoms with Crippen molar-refractivity contribution in [3.63, 3.8) is 0 Å². The number of para-hydroxylation sites is 1. The predicted molar refractivity (Wildman–Crippen MR) is 110 cm³/mol. The minimum atomic E-state index is -0.150. The molecule has 0 radical (unpaired) electrons. The maximum Gasteiger partial charge on any atom is 0.255 e. The number of hydrogen-bond acceptors (Lipinski definition) is 3. The van der Waals surface area contributed by atoms with Crippen LogP contribution in [0.4, 0.5) is 11.4 Å². The summed E-state index contributed by atoms with van der Waals surface area (Å²) >= 11 is 0. The highest BCUT2D eigenvalue weighted by atomic mass is 16.3. The number of anilines is 2. The van der Waals surface area contributed by atoms with E-state index in [2.05, 4.69) is 47.2 Å². The summed E-state index contributed by atoms with van der Waals surface area (Å²) in [7, 11) is 0. The van der Waals surface area contributed by atoms with Gasteiger partial charge in [-0.05, 0) is 44.0 Å². The maximum absolute atomic E-state index is 12.6. The van der Waals surface area contributed by atoms with Gasteiger partial charge in [0.1, 0.15) is 6.26 Å². The second-order valence-corrected chi connectivity index (χ2v) is 6.56. The number of furan rings is 1. The number of H-pyrrole nitrogens is 1. The van der Waals surface area contributed by atoms with Crippen molar-refractivity contribution in [1.82, 2.24) is 4.98 Å². The highest BCUT2D eigenvalue weighted by Crippen LogP contribution is 2.33. The second-order valence-electron chi connectivity index (χ2n) is 6.56. The number of nitrogens with zero attached hydrogens (tertiary/aromatic N) is 1. The third-order valence-electron chi connectivity index (χ3n) is 5.02. The van der Waals surface area contributed by atoms with Gasteiger partial charge in [0, 0.05) is 29.7 Å². The Morgan fingerprint density at radius 3 is 2.85 bits per heavy atom. The molecule has 0 unspecified atom stereocenters. The number of rotatable bonds is 5. The van der Waals surface area contributed by atoms with E-state index < -0.39 is 0 Å². The minimum Gasteiger partial charge on any atom is -0.470 e. The van der Waals surface area contributed by atoms with Crippen molar-refractivity contribution in [2.24, 2.45) is 0 Å². The zero-order chi connectivity index (χ0) is 18.8. The molecule has 3 aromatic rings. The van der Waals surface area contributed by atoms with E-state index in [1.165, 1.54) is 29.2 Å². The molecule has 1 aliphatic rings. The molecule has 27 heavy (non-hydrogen) atoms. The van der Waals surface area contributed by atoms with E-state index >= 15 is 0 Å². The van der Waals surface area contributed by atoms with Crippen LogP contribution in [-0.2, 0) is 11.2 Å². The number of allylic oxidation sites excluding steroid dienone is 1. The first-order chi connectivity index (χ1) is 13.2. The number of carbonyl (C=O) groups excluding carboxylic acids is 1. The lowest BCUT2D eigenvalue weighted by molar-refractivity contribution is -0.112. The van der Waals surface area contributed by atoms with Gasteiger partial charge in [0.25, 0.3) is 5.91 Å². The normalized spacial score (nSPS) is 13.2. The molecule has 0 fully saturated rings. The zero-order valence-corrected chi connectivity index (χ0v) is 15.6. The van der Waals surface area contributed by atoms with E-state index in [0.29, 0.717) is 11.3 Å². The molecule has 2 N–H and O–H groups in total. The molecule has 1 aromatic carbocycles. The molecule has 0 saturated heterocycles. The first kappa shape index (κ1) is 17.2. The van der Waals surface area contributed by atoms with Crippen LogP contribution in [0, 0.1) is 0 Å². The smallest absolute Gasteiger partial charge is 0.255 e. The van der Waals surface area contributed by atoms with Crippen LogP contribution < -0.4 is 10.2 Å². The number of benzene rings is 1. The molecule has 0 saturated carbocycles. The molecule has 2 aromatic heterocycles.